The molecule has 0 aliphatic heterocycles. The van der Waals surface area contributed by atoms with Crippen LogP contribution < -0.4 is 0 Å². The summed E-state index contributed by atoms with van der Waals surface area (Å²) in [6.07, 6.45) is 4.37. The fraction of sp³-hybridized carbons (Fsp3) is 0.458. The highest BCUT2D eigenvalue weighted by molar-refractivity contribution is 6.07. The van der Waals surface area contributed by atoms with Crippen LogP contribution in [0.2, 0.25) is 0 Å². The number of pyridine rings is 1. The molecule has 1 aromatic carbocycles. The van der Waals surface area contributed by atoms with Gasteiger partial charge in [0.15, 0.2) is 5.65 Å². The van der Waals surface area contributed by atoms with Crippen LogP contribution in [-0.4, -0.2) is 37.7 Å². The topological polar surface area (TPSA) is 51.0 Å². The van der Waals surface area contributed by atoms with Gasteiger partial charge in [0.05, 0.1) is 16.6 Å². The molecule has 2 heterocycles. The summed E-state index contributed by atoms with van der Waals surface area (Å²) in [5.41, 5.74) is 6.11. The Bertz CT molecular complexity index is 1110. The largest absolute Gasteiger partial charge is 0.333 e. The minimum absolute atomic E-state index is 0.160. The van der Waals surface area contributed by atoms with Crippen molar-refractivity contribution < 1.29 is 4.79 Å². The maximum Gasteiger partial charge on any atom is 0.255 e. The summed E-state index contributed by atoms with van der Waals surface area (Å²) in [7, 11) is 1.90. The first-order valence-corrected chi connectivity index (χ1v) is 10.6. The molecule has 2 aromatic heterocycles. The minimum atomic E-state index is 0.160. The van der Waals surface area contributed by atoms with Gasteiger partial charge in [-0.3, -0.25) is 9.48 Å². The Labute approximate surface area is 171 Å². The number of fused-ring (bicyclic) bond motifs is 1. The molecular formula is C24H28N4O. The number of carbonyl (C=O) groups excluding carboxylic acids is 1. The van der Waals surface area contributed by atoms with Crippen LogP contribution in [0.1, 0.15) is 64.5 Å². The van der Waals surface area contributed by atoms with Crippen molar-refractivity contribution in [3.8, 4) is 0 Å². The van der Waals surface area contributed by atoms with Crippen molar-refractivity contribution >= 4 is 16.9 Å². The molecule has 0 unspecified atom stereocenters. The summed E-state index contributed by atoms with van der Waals surface area (Å²) >= 11 is 0. The van der Waals surface area contributed by atoms with Crippen molar-refractivity contribution in [1.82, 2.24) is 19.7 Å². The van der Waals surface area contributed by atoms with Gasteiger partial charge in [-0.15, -0.1) is 0 Å². The molecule has 5 nitrogen and oxygen atoms in total. The first kappa shape index (κ1) is 18.3. The molecule has 0 spiro atoms. The predicted molar refractivity (Wildman–Crippen MR) is 114 cm³/mol. The Morgan fingerprint density at radius 1 is 1.10 bits per heavy atom. The lowest BCUT2D eigenvalue weighted by Crippen LogP contribution is -2.48. The highest BCUT2D eigenvalue weighted by Gasteiger charge is 2.44. The summed E-state index contributed by atoms with van der Waals surface area (Å²) in [4.78, 5) is 20.6. The molecule has 3 aromatic rings. The lowest BCUT2D eigenvalue weighted by molar-refractivity contribution is 0.0518. The number of amides is 1. The molecule has 2 aliphatic carbocycles. The fourth-order valence-corrected chi connectivity index (χ4v) is 4.97. The van der Waals surface area contributed by atoms with Crippen LogP contribution in [0, 0.1) is 20.8 Å². The minimum Gasteiger partial charge on any atom is -0.333 e. The molecule has 5 heteroatoms. The zero-order valence-electron chi connectivity index (χ0n) is 17.6. The van der Waals surface area contributed by atoms with E-state index in [0.717, 1.165) is 53.7 Å². The first-order valence-electron chi connectivity index (χ1n) is 10.6. The van der Waals surface area contributed by atoms with E-state index in [1.807, 2.05) is 27.0 Å². The second-order valence-corrected chi connectivity index (χ2v) is 8.84. The number of carbonyl (C=O) groups is 1. The van der Waals surface area contributed by atoms with Crippen LogP contribution in [0.4, 0.5) is 0 Å². The van der Waals surface area contributed by atoms with Crippen molar-refractivity contribution in [3.63, 3.8) is 0 Å². The number of nitrogens with zero attached hydrogens (tertiary/aromatic N) is 4. The van der Waals surface area contributed by atoms with Crippen molar-refractivity contribution in [3.05, 3.63) is 58.4 Å². The lowest BCUT2D eigenvalue weighted by atomic mass is 9.73. The fourth-order valence-electron chi connectivity index (χ4n) is 4.97. The molecule has 0 N–H and O–H groups in total. The average molecular weight is 389 g/mol. The summed E-state index contributed by atoms with van der Waals surface area (Å²) < 4.78 is 1.79. The van der Waals surface area contributed by atoms with E-state index in [9.17, 15) is 4.79 Å². The lowest BCUT2D eigenvalue weighted by Gasteiger charge is -2.44. The van der Waals surface area contributed by atoms with E-state index in [1.165, 1.54) is 11.1 Å². The van der Waals surface area contributed by atoms with E-state index < -0.39 is 0 Å². The third-order valence-electron chi connectivity index (χ3n) is 6.64. The van der Waals surface area contributed by atoms with Crippen LogP contribution in [0.5, 0.6) is 0 Å². The molecule has 1 amide bonds. The van der Waals surface area contributed by atoms with Crippen LogP contribution >= 0.6 is 0 Å². The Hall–Kier alpha value is -2.69. The summed E-state index contributed by atoms with van der Waals surface area (Å²) in [6.45, 7) is 6.11. The number of hydrogen-bond donors (Lipinski definition) is 0. The van der Waals surface area contributed by atoms with Crippen molar-refractivity contribution in [1.29, 1.82) is 0 Å². The van der Waals surface area contributed by atoms with Gasteiger partial charge in [0, 0.05) is 24.8 Å². The van der Waals surface area contributed by atoms with E-state index >= 15 is 0 Å². The number of hydrogen-bond acceptors (Lipinski definition) is 3. The van der Waals surface area contributed by atoms with Crippen molar-refractivity contribution in [2.45, 2.75) is 64.5 Å². The van der Waals surface area contributed by atoms with E-state index in [0.29, 0.717) is 18.0 Å². The number of aromatic nitrogens is 3. The van der Waals surface area contributed by atoms with Crippen molar-refractivity contribution in [2.24, 2.45) is 7.05 Å². The van der Waals surface area contributed by atoms with Crippen LogP contribution in [-0.2, 0) is 7.05 Å². The maximum absolute atomic E-state index is 13.8. The number of aryl methyl sites for hydroxylation is 4. The van der Waals surface area contributed by atoms with Gasteiger partial charge in [0.1, 0.15) is 0 Å². The smallest absolute Gasteiger partial charge is 0.255 e. The van der Waals surface area contributed by atoms with Crippen LogP contribution in [0.25, 0.3) is 11.0 Å². The van der Waals surface area contributed by atoms with E-state index in [-0.39, 0.29) is 5.91 Å². The summed E-state index contributed by atoms with van der Waals surface area (Å²) in [6, 6.07) is 11.3. The average Bonchev–Trinajstić information content (AvgIpc) is 3.44. The molecule has 29 heavy (non-hydrogen) atoms. The predicted octanol–water partition coefficient (Wildman–Crippen LogP) is 4.44. The molecule has 5 rings (SSSR count). The van der Waals surface area contributed by atoms with Gasteiger partial charge >= 0.3 is 0 Å². The molecule has 0 radical (unpaired) electrons. The molecule has 0 saturated heterocycles. The van der Waals surface area contributed by atoms with Gasteiger partial charge < -0.3 is 4.90 Å². The molecule has 2 aliphatic rings. The third-order valence-corrected chi connectivity index (χ3v) is 6.64. The van der Waals surface area contributed by atoms with Gasteiger partial charge in [-0.25, -0.2) is 4.98 Å². The molecular weight excluding hydrogens is 360 g/mol. The maximum atomic E-state index is 13.8. The highest BCUT2D eigenvalue weighted by atomic mass is 16.2. The van der Waals surface area contributed by atoms with E-state index in [1.54, 1.807) is 4.68 Å². The summed E-state index contributed by atoms with van der Waals surface area (Å²) in [5.74, 6) is 0.724. The quantitative estimate of drug-likeness (QED) is 0.664. The zero-order chi connectivity index (χ0) is 20.3. The van der Waals surface area contributed by atoms with Gasteiger partial charge in [-0.05, 0) is 69.6 Å². The van der Waals surface area contributed by atoms with Gasteiger partial charge in [0.25, 0.3) is 5.91 Å². The van der Waals surface area contributed by atoms with Gasteiger partial charge in [-0.2, -0.15) is 5.10 Å². The second-order valence-electron chi connectivity index (χ2n) is 8.84. The number of rotatable bonds is 4. The Morgan fingerprint density at radius 2 is 1.83 bits per heavy atom. The zero-order valence-corrected chi connectivity index (χ0v) is 17.6. The van der Waals surface area contributed by atoms with E-state index in [2.05, 4.69) is 46.2 Å². The van der Waals surface area contributed by atoms with Crippen LogP contribution in [0.3, 0.4) is 0 Å². The number of benzene rings is 1. The molecule has 0 atom stereocenters. The summed E-state index contributed by atoms with van der Waals surface area (Å²) in [5, 5.41) is 5.42. The molecule has 150 valence electrons. The van der Waals surface area contributed by atoms with Gasteiger partial charge in [-0.1, -0.05) is 24.3 Å². The van der Waals surface area contributed by atoms with Crippen LogP contribution in [0.15, 0.2) is 30.3 Å². The molecule has 2 saturated carbocycles. The second kappa shape index (κ2) is 6.68. The molecule has 0 bridgehead atoms. The SMILES string of the molecule is Cc1cc(C(=O)N(C2CC2)C2CC(c3ccccc3C)C2)c2c(C)nn(C)c2n1. The normalized spacial score (nSPS) is 21.2. The highest BCUT2D eigenvalue weighted by Crippen LogP contribution is 2.45. The van der Waals surface area contributed by atoms with E-state index in [4.69, 9.17) is 0 Å². The monoisotopic (exact) mass is 388 g/mol. The first-order chi connectivity index (χ1) is 13.9. The molecule has 2 fully saturated rings. The Kier molecular flexibility index (Phi) is 4.23. The standard InChI is InChI=1S/C24H28N4O/c1-14-7-5-6-8-20(14)17-12-19(13-17)28(18-9-10-18)24(29)21-11-15(2)25-23-22(21)16(3)26-27(23)4/h5-8,11,17-19H,9-10,12-13H2,1-4H3. The van der Waals surface area contributed by atoms with Crippen molar-refractivity contribution in [2.75, 3.05) is 0 Å². The Morgan fingerprint density at radius 3 is 2.52 bits per heavy atom. The third kappa shape index (κ3) is 3.04. The Balaban J connectivity index is 1.46. The van der Waals surface area contributed by atoms with Gasteiger partial charge in [0.2, 0.25) is 0 Å².